The first-order valence-electron chi connectivity index (χ1n) is 10.1. The fourth-order valence-electron chi connectivity index (χ4n) is 3.96. The first-order valence-corrected chi connectivity index (χ1v) is 10.1. The van der Waals surface area contributed by atoms with Gasteiger partial charge >= 0.3 is 0 Å². The summed E-state index contributed by atoms with van der Waals surface area (Å²) >= 11 is 0. The van der Waals surface area contributed by atoms with Crippen molar-refractivity contribution < 1.29 is 14.3 Å². The molecule has 0 saturated carbocycles. The van der Waals surface area contributed by atoms with E-state index < -0.39 is 0 Å². The van der Waals surface area contributed by atoms with Gasteiger partial charge in [-0.2, -0.15) is 5.10 Å². The maximum atomic E-state index is 12.4. The Bertz CT molecular complexity index is 859. The van der Waals surface area contributed by atoms with Gasteiger partial charge in [-0.3, -0.25) is 14.3 Å². The molecule has 1 fully saturated rings. The monoisotopic (exact) mass is 398 g/mol. The topological polar surface area (TPSA) is 85.2 Å². The summed E-state index contributed by atoms with van der Waals surface area (Å²) < 4.78 is 7.11. The highest BCUT2D eigenvalue weighted by atomic mass is 16.5. The molecule has 2 amide bonds. The minimum Gasteiger partial charge on any atom is -0.497 e. The molecule has 7 heteroatoms. The Balaban J connectivity index is 1.52. The van der Waals surface area contributed by atoms with Gasteiger partial charge in [-0.05, 0) is 56.9 Å². The molecule has 3 rings (SSSR count). The van der Waals surface area contributed by atoms with Crippen molar-refractivity contribution in [3.05, 3.63) is 47.3 Å². The Hall–Kier alpha value is -2.83. The van der Waals surface area contributed by atoms with E-state index in [1.807, 2.05) is 48.9 Å². The Labute approximate surface area is 171 Å². The minimum absolute atomic E-state index is 0.00165. The zero-order valence-corrected chi connectivity index (χ0v) is 17.5. The van der Waals surface area contributed by atoms with Crippen molar-refractivity contribution in [2.45, 2.75) is 58.0 Å². The Morgan fingerprint density at radius 1 is 1.31 bits per heavy atom. The second-order valence-electron chi connectivity index (χ2n) is 7.85. The first kappa shape index (κ1) is 20.9. The van der Waals surface area contributed by atoms with E-state index in [1.165, 1.54) is 0 Å². The number of amides is 2. The number of nitrogens with one attached hydrogen (secondary N) is 2. The summed E-state index contributed by atoms with van der Waals surface area (Å²) in [6, 6.07) is 9.89. The van der Waals surface area contributed by atoms with Crippen molar-refractivity contribution in [2.24, 2.45) is 0 Å². The highest BCUT2D eigenvalue weighted by Crippen LogP contribution is 2.30. The molecule has 1 aromatic heterocycles. The maximum Gasteiger partial charge on any atom is 0.220 e. The number of aryl methyl sites for hydroxylation is 2. The molecule has 0 bridgehead atoms. The van der Waals surface area contributed by atoms with Crippen LogP contribution in [0.4, 0.5) is 0 Å². The SMILES string of the molecule is COc1ccc(C[C@]2(CCC(=O)NCCn3nc(C)cc3C)CCC(=O)N2)cc1. The van der Waals surface area contributed by atoms with Gasteiger partial charge in [0.15, 0.2) is 0 Å². The van der Waals surface area contributed by atoms with E-state index in [1.54, 1.807) is 7.11 Å². The second kappa shape index (κ2) is 9.11. The van der Waals surface area contributed by atoms with Crippen molar-refractivity contribution in [1.29, 1.82) is 0 Å². The molecule has 29 heavy (non-hydrogen) atoms. The van der Waals surface area contributed by atoms with Gasteiger partial charge in [0.25, 0.3) is 0 Å². The average Bonchev–Trinajstić information content (AvgIpc) is 3.22. The van der Waals surface area contributed by atoms with Crippen LogP contribution >= 0.6 is 0 Å². The zero-order valence-electron chi connectivity index (χ0n) is 17.5. The largest absolute Gasteiger partial charge is 0.497 e. The minimum atomic E-state index is -0.362. The number of methoxy groups -OCH3 is 1. The maximum absolute atomic E-state index is 12.4. The van der Waals surface area contributed by atoms with Crippen LogP contribution < -0.4 is 15.4 Å². The number of aromatic nitrogens is 2. The summed E-state index contributed by atoms with van der Waals surface area (Å²) in [6.45, 7) is 5.16. The molecule has 0 radical (unpaired) electrons. The highest BCUT2D eigenvalue weighted by molar-refractivity contribution is 5.80. The van der Waals surface area contributed by atoms with E-state index in [-0.39, 0.29) is 17.4 Å². The number of carbonyl (C=O) groups excluding carboxylic acids is 2. The van der Waals surface area contributed by atoms with Gasteiger partial charge in [0.2, 0.25) is 11.8 Å². The number of hydrogen-bond donors (Lipinski definition) is 2. The summed E-state index contributed by atoms with van der Waals surface area (Å²) in [5.41, 5.74) is 2.83. The Kier molecular flexibility index (Phi) is 6.56. The zero-order chi connectivity index (χ0) is 20.9. The standard InChI is InChI=1S/C22H30N4O3/c1-16-14-17(2)26(25-16)13-12-23-20(27)8-10-22(11-9-21(28)24-22)15-18-4-6-19(29-3)7-5-18/h4-7,14H,8-13,15H2,1-3H3,(H,23,27)(H,24,28)/t22-/m0/s1. The molecule has 1 aliphatic heterocycles. The molecule has 0 aliphatic carbocycles. The molecule has 2 N–H and O–H groups in total. The summed E-state index contributed by atoms with van der Waals surface area (Å²) in [6.07, 6.45) is 2.97. The lowest BCUT2D eigenvalue weighted by Crippen LogP contribution is -2.44. The van der Waals surface area contributed by atoms with Gasteiger partial charge in [0.1, 0.15) is 5.75 Å². The van der Waals surface area contributed by atoms with E-state index in [0.29, 0.717) is 38.8 Å². The van der Waals surface area contributed by atoms with Crippen molar-refractivity contribution in [1.82, 2.24) is 20.4 Å². The van der Waals surface area contributed by atoms with Crippen LogP contribution in [0.3, 0.4) is 0 Å². The molecule has 156 valence electrons. The molecule has 1 atom stereocenters. The van der Waals surface area contributed by atoms with Gasteiger partial charge in [-0.1, -0.05) is 12.1 Å². The Morgan fingerprint density at radius 2 is 2.07 bits per heavy atom. The van der Waals surface area contributed by atoms with Gasteiger partial charge < -0.3 is 15.4 Å². The predicted molar refractivity (Wildman–Crippen MR) is 111 cm³/mol. The van der Waals surface area contributed by atoms with E-state index in [2.05, 4.69) is 15.7 Å². The molecule has 0 unspecified atom stereocenters. The van der Waals surface area contributed by atoms with Gasteiger partial charge in [-0.25, -0.2) is 0 Å². The molecule has 1 aromatic carbocycles. The molecule has 2 heterocycles. The predicted octanol–water partition coefficient (Wildman–Crippen LogP) is 2.30. The second-order valence-corrected chi connectivity index (χ2v) is 7.85. The number of nitrogens with zero attached hydrogens (tertiary/aromatic N) is 2. The molecule has 2 aromatic rings. The summed E-state index contributed by atoms with van der Waals surface area (Å²) in [7, 11) is 1.64. The van der Waals surface area contributed by atoms with Crippen LogP contribution in [0.2, 0.25) is 0 Å². The summed E-state index contributed by atoms with van der Waals surface area (Å²) in [5, 5.41) is 10.5. The number of ether oxygens (including phenoxy) is 1. The van der Waals surface area contributed by atoms with Crippen LogP contribution in [-0.2, 0) is 22.6 Å². The van der Waals surface area contributed by atoms with Crippen LogP contribution in [0.1, 0.15) is 42.6 Å². The van der Waals surface area contributed by atoms with Crippen LogP contribution in [0, 0.1) is 13.8 Å². The lowest BCUT2D eigenvalue weighted by Gasteiger charge is -2.29. The Morgan fingerprint density at radius 3 is 2.66 bits per heavy atom. The molecule has 1 saturated heterocycles. The van der Waals surface area contributed by atoms with Gasteiger partial charge in [-0.15, -0.1) is 0 Å². The van der Waals surface area contributed by atoms with Crippen molar-refractivity contribution in [3.8, 4) is 5.75 Å². The van der Waals surface area contributed by atoms with E-state index in [4.69, 9.17) is 4.74 Å². The van der Waals surface area contributed by atoms with Crippen LogP contribution in [0.25, 0.3) is 0 Å². The highest BCUT2D eigenvalue weighted by Gasteiger charge is 2.37. The lowest BCUT2D eigenvalue weighted by atomic mass is 9.85. The van der Waals surface area contributed by atoms with E-state index in [0.717, 1.165) is 29.1 Å². The van der Waals surface area contributed by atoms with Crippen LogP contribution in [0.5, 0.6) is 5.75 Å². The smallest absolute Gasteiger partial charge is 0.220 e. The molecule has 1 aliphatic rings. The summed E-state index contributed by atoms with van der Waals surface area (Å²) in [5.74, 6) is 0.866. The van der Waals surface area contributed by atoms with Crippen molar-refractivity contribution >= 4 is 11.8 Å². The molecular formula is C22H30N4O3. The third-order valence-corrected chi connectivity index (χ3v) is 5.52. The van der Waals surface area contributed by atoms with E-state index in [9.17, 15) is 9.59 Å². The third-order valence-electron chi connectivity index (χ3n) is 5.52. The number of hydrogen-bond acceptors (Lipinski definition) is 4. The average molecular weight is 399 g/mol. The fourth-order valence-corrected chi connectivity index (χ4v) is 3.96. The van der Waals surface area contributed by atoms with Crippen molar-refractivity contribution in [2.75, 3.05) is 13.7 Å². The van der Waals surface area contributed by atoms with E-state index >= 15 is 0 Å². The fraction of sp³-hybridized carbons (Fsp3) is 0.500. The normalized spacial score (nSPS) is 18.5. The lowest BCUT2D eigenvalue weighted by molar-refractivity contribution is -0.122. The number of rotatable bonds is 9. The van der Waals surface area contributed by atoms with Crippen molar-refractivity contribution in [3.63, 3.8) is 0 Å². The number of benzene rings is 1. The molecule has 7 nitrogen and oxygen atoms in total. The first-order chi connectivity index (χ1) is 13.9. The third kappa shape index (κ3) is 5.59. The van der Waals surface area contributed by atoms with Gasteiger partial charge in [0, 0.05) is 30.6 Å². The summed E-state index contributed by atoms with van der Waals surface area (Å²) in [4.78, 5) is 24.3. The quantitative estimate of drug-likeness (QED) is 0.679. The molecular weight excluding hydrogens is 368 g/mol. The van der Waals surface area contributed by atoms with Crippen LogP contribution in [-0.4, -0.2) is 40.8 Å². The molecule has 0 spiro atoms. The van der Waals surface area contributed by atoms with Gasteiger partial charge in [0.05, 0.1) is 19.3 Å². The number of carbonyl (C=O) groups is 2. The van der Waals surface area contributed by atoms with Crippen LogP contribution in [0.15, 0.2) is 30.3 Å².